The minimum absolute atomic E-state index is 0.0642. The number of hydrogen-bond donors (Lipinski definition) is 0. The predicted octanol–water partition coefficient (Wildman–Crippen LogP) is 2.39. The van der Waals surface area contributed by atoms with Crippen molar-refractivity contribution >= 4 is 34.6 Å². The van der Waals surface area contributed by atoms with Gasteiger partial charge < -0.3 is 19.1 Å². The van der Waals surface area contributed by atoms with Gasteiger partial charge in [-0.15, -0.1) is 0 Å². The number of thioether (sulfide) groups is 1. The maximum absolute atomic E-state index is 12.8. The number of carbonyl (C=O) groups is 2. The van der Waals surface area contributed by atoms with Crippen LogP contribution in [0, 0.1) is 0 Å². The van der Waals surface area contributed by atoms with Gasteiger partial charge >= 0.3 is 0 Å². The SMILES string of the molecule is C[C@H]1CCCCN1C(=O)CSc1nc2ccccc2n1CC(=O)N1CCOCC1. The van der Waals surface area contributed by atoms with Crippen LogP contribution in [-0.2, 0) is 20.9 Å². The lowest BCUT2D eigenvalue weighted by Gasteiger charge is -2.33. The fraction of sp³-hybridized carbons (Fsp3) is 0.571. The van der Waals surface area contributed by atoms with Crippen LogP contribution in [0.3, 0.4) is 0 Å². The summed E-state index contributed by atoms with van der Waals surface area (Å²) in [5, 5.41) is 0.728. The number of nitrogens with zero attached hydrogens (tertiary/aromatic N) is 4. The molecule has 2 aliphatic rings. The van der Waals surface area contributed by atoms with Gasteiger partial charge in [-0.1, -0.05) is 23.9 Å². The van der Waals surface area contributed by atoms with Crippen LogP contribution in [0.25, 0.3) is 11.0 Å². The number of aromatic nitrogens is 2. The molecule has 29 heavy (non-hydrogen) atoms. The van der Waals surface area contributed by atoms with Crippen molar-refractivity contribution in [1.29, 1.82) is 0 Å². The van der Waals surface area contributed by atoms with Crippen LogP contribution < -0.4 is 0 Å². The van der Waals surface area contributed by atoms with Gasteiger partial charge in [0.25, 0.3) is 0 Å². The minimum Gasteiger partial charge on any atom is -0.378 e. The number of para-hydroxylation sites is 2. The van der Waals surface area contributed by atoms with E-state index in [1.165, 1.54) is 18.2 Å². The number of morpholine rings is 1. The summed E-state index contributed by atoms with van der Waals surface area (Å²) in [4.78, 5) is 34.1. The van der Waals surface area contributed by atoms with Gasteiger partial charge in [0.2, 0.25) is 11.8 Å². The molecule has 7 nitrogen and oxygen atoms in total. The van der Waals surface area contributed by atoms with E-state index in [1.807, 2.05) is 38.6 Å². The molecule has 2 fully saturated rings. The van der Waals surface area contributed by atoms with E-state index < -0.39 is 0 Å². The van der Waals surface area contributed by atoms with Crippen molar-refractivity contribution in [3.05, 3.63) is 24.3 Å². The summed E-state index contributed by atoms with van der Waals surface area (Å²) in [5.74, 6) is 0.564. The molecule has 8 heteroatoms. The number of benzene rings is 1. The van der Waals surface area contributed by atoms with Gasteiger partial charge in [0, 0.05) is 25.7 Å². The highest BCUT2D eigenvalue weighted by atomic mass is 32.2. The number of fused-ring (bicyclic) bond motifs is 1. The van der Waals surface area contributed by atoms with E-state index >= 15 is 0 Å². The Bertz CT molecular complexity index is 878. The zero-order valence-electron chi connectivity index (χ0n) is 16.9. The lowest BCUT2D eigenvalue weighted by Crippen LogP contribution is -2.43. The van der Waals surface area contributed by atoms with E-state index in [2.05, 4.69) is 6.92 Å². The summed E-state index contributed by atoms with van der Waals surface area (Å²) < 4.78 is 7.30. The Labute approximate surface area is 175 Å². The third-order valence-electron chi connectivity index (χ3n) is 5.72. The molecule has 1 aromatic heterocycles. The molecule has 0 aliphatic carbocycles. The Balaban J connectivity index is 1.50. The molecule has 0 radical (unpaired) electrons. The molecule has 2 amide bonds. The average molecular weight is 417 g/mol. The van der Waals surface area contributed by atoms with Crippen LogP contribution in [0.4, 0.5) is 0 Å². The molecule has 2 aromatic rings. The van der Waals surface area contributed by atoms with Crippen LogP contribution in [0.5, 0.6) is 0 Å². The number of imidazole rings is 1. The molecule has 2 aliphatic heterocycles. The fourth-order valence-electron chi connectivity index (χ4n) is 4.04. The number of likely N-dealkylation sites (tertiary alicyclic amines) is 1. The molecule has 3 heterocycles. The Kier molecular flexibility index (Phi) is 6.40. The molecule has 0 spiro atoms. The summed E-state index contributed by atoms with van der Waals surface area (Å²) in [6, 6.07) is 8.13. The van der Waals surface area contributed by atoms with Crippen LogP contribution in [0.2, 0.25) is 0 Å². The minimum atomic E-state index is 0.0642. The summed E-state index contributed by atoms with van der Waals surface area (Å²) >= 11 is 1.43. The number of rotatable bonds is 5. The Morgan fingerprint density at radius 1 is 1.14 bits per heavy atom. The van der Waals surface area contributed by atoms with E-state index in [1.54, 1.807) is 0 Å². The first-order chi connectivity index (χ1) is 14.1. The van der Waals surface area contributed by atoms with Gasteiger partial charge in [0.15, 0.2) is 5.16 Å². The molecule has 1 aromatic carbocycles. The first-order valence-electron chi connectivity index (χ1n) is 10.4. The summed E-state index contributed by atoms with van der Waals surface area (Å²) in [6.45, 7) is 5.61. The first kappa shape index (κ1) is 20.2. The van der Waals surface area contributed by atoms with E-state index in [0.717, 1.165) is 35.6 Å². The number of ether oxygens (including phenoxy) is 1. The van der Waals surface area contributed by atoms with Crippen molar-refractivity contribution in [1.82, 2.24) is 19.4 Å². The summed E-state index contributed by atoms with van der Waals surface area (Å²) in [7, 11) is 0. The molecule has 0 bridgehead atoms. The van der Waals surface area contributed by atoms with Crippen LogP contribution in [0.1, 0.15) is 26.2 Å². The highest BCUT2D eigenvalue weighted by Gasteiger charge is 2.25. The van der Waals surface area contributed by atoms with Gasteiger partial charge in [-0.05, 0) is 38.3 Å². The van der Waals surface area contributed by atoms with Crippen LogP contribution >= 0.6 is 11.8 Å². The van der Waals surface area contributed by atoms with Crippen molar-refractivity contribution in [2.24, 2.45) is 0 Å². The Hall–Kier alpha value is -2.06. The van der Waals surface area contributed by atoms with E-state index in [-0.39, 0.29) is 18.4 Å². The zero-order valence-corrected chi connectivity index (χ0v) is 17.7. The quantitative estimate of drug-likeness (QED) is 0.700. The topological polar surface area (TPSA) is 67.7 Å². The van der Waals surface area contributed by atoms with Gasteiger partial charge in [0.05, 0.1) is 30.0 Å². The number of hydrogen-bond acceptors (Lipinski definition) is 5. The third kappa shape index (κ3) is 4.59. The maximum atomic E-state index is 12.8. The second-order valence-electron chi connectivity index (χ2n) is 7.68. The van der Waals surface area contributed by atoms with Crippen molar-refractivity contribution in [3.63, 3.8) is 0 Å². The molecule has 0 unspecified atom stereocenters. The largest absolute Gasteiger partial charge is 0.378 e. The zero-order chi connectivity index (χ0) is 20.2. The molecule has 4 rings (SSSR count). The molecular formula is C21H28N4O3S. The molecule has 0 saturated carbocycles. The molecule has 2 saturated heterocycles. The molecular weight excluding hydrogens is 388 g/mol. The summed E-state index contributed by atoms with van der Waals surface area (Å²) in [6.07, 6.45) is 3.34. The fourth-order valence-corrected chi connectivity index (χ4v) is 4.94. The third-order valence-corrected chi connectivity index (χ3v) is 6.69. The Morgan fingerprint density at radius 2 is 1.93 bits per heavy atom. The monoisotopic (exact) mass is 416 g/mol. The van der Waals surface area contributed by atoms with Gasteiger partial charge in [0.1, 0.15) is 6.54 Å². The normalized spacial score (nSPS) is 20.2. The second-order valence-corrected chi connectivity index (χ2v) is 8.63. The van der Waals surface area contributed by atoms with Crippen molar-refractivity contribution in [2.75, 3.05) is 38.6 Å². The van der Waals surface area contributed by atoms with E-state index in [0.29, 0.717) is 38.1 Å². The number of amides is 2. The van der Waals surface area contributed by atoms with E-state index in [4.69, 9.17) is 9.72 Å². The van der Waals surface area contributed by atoms with Gasteiger partial charge in [-0.25, -0.2) is 4.98 Å². The van der Waals surface area contributed by atoms with Crippen LogP contribution in [-0.4, -0.2) is 75.8 Å². The van der Waals surface area contributed by atoms with E-state index in [9.17, 15) is 9.59 Å². The van der Waals surface area contributed by atoms with Crippen LogP contribution in [0.15, 0.2) is 29.4 Å². The number of carbonyl (C=O) groups excluding carboxylic acids is 2. The lowest BCUT2D eigenvalue weighted by molar-refractivity contribution is -0.136. The Morgan fingerprint density at radius 3 is 2.72 bits per heavy atom. The smallest absolute Gasteiger partial charge is 0.242 e. The molecule has 0 N–H and O–H groups in total. The van der Waals surface area contributed by atoms with Crippen molar-refractivity contribution < 1.29 is 14.3 Å². The molecule has 1 atom stereocenters. The highest BCUT2D eigenvalue weighted by molar-refractivity contribution is 7.99. The lowest BCUT2D eigenvalue weighted by atomic mass is 10.0. The predicted molar refractivity (Wildman–Crippen MR) is 113 cm³/mol. The van der Waals surface area contributed by atoms with Gasteiger partial charge in [-0.3, -0.25) is 9.59 Å². The van der Waals surface area contributed by atoms with Gasteiger partial charge in [-0.2, -0.15) is 0 Å². The standard InChI is InChI=1S/C21H28N4O3S/c1-16-6-4-5-9-24(16)20(27)15-29-21-22-17-7-2-3-8-18(17)25(21)14-19(26)23-10-12-28-13-11-23/h2-3,7-8,16H,4-6,9-15H2,1H3/t16-/m0/s1. The highest BCUT2D eigenvalue weighted by Crippen LogP contribution is 2.26. The maximum Gasteiger partial charge on any atom is 0.242 e. The summed E-state index contributed by atoms with van der Waals surface area (Å²) in [5.41, 5.74) is 1.78. The van der Waals surface area contributed by atoms with Crippen molar-refractivity contribution in [2.45, 2.75) is 43.9 Å². The first-order valence-corrected chi connectivity index (χ1v) is 11.3. The number of piperidine rings is 1. The average Bonchev–Trinajstić information content (AvgIpc) is 3.10. The van der Waals surface area contributed by atoms with Crippen molar-refractivity contribution in [3.8, 4) is 0 Å². The molecule has 156 valence electrons. The second kappa shape index (κ2) is 9.17.